The molecule has 0 bridgehead atoms. The van der Waals surface area contributed by atoms with Crippen molar-refractivity contribution in [1.29, 1.82) is 0 Å². The van der Waals surface area contributed by atoms with Crippen LogP contribution in [-0.2, 0) is 20.8 Å². The molecular weight excluding hydrogens is 335 g/mol. The van der Waals surface area contributed by atoms with Gasteiger partial charge in [0.15, 0.2) is 9.84 Å². The van der Waals surface area contributed by atoms with E-state index >= 15 is 0 Å². The van der Waals surface area contributed by atoms with Crippen molar-refractivity contribution in [1.82, 2.24) is 10.3 Å². The van der Waals surface area contributed by atoms with E-state index in [9.17, 15) is 26.4 Å². The number of aromatic nitrogens is 1. The van der Waals surface area contributed by atoms with E-state index < -0.39 is 32.7 Å². The molecule has 1 aromatic heterocycles. The number of alkyl halides is 3. The van der Waals surface area contributed by atoms with Gasteiger partial charge in [-0.3, -0.25) is 4.79 Å². The van der Waals surface area contributed by atoms with Gasteiger partial charge in [-0.15, -0.1) is 0 Å². The fourth-order valence-corrected chi connectivity index (χ4v) is 1.99. The van der Waals surface area contributed by atoms with Crippen LogP contribution in [-0.4, -0.2) is 43.9 Å². The quantitative estimate of drug-likeness (QED) is 0.725. The molecule has 0 spiro atoms. The minimum atomic E-state index is -4.42. The molecular formula is C13H18F3N3O3S. The summed E-state index contributed by atoms with van der Waals surface area (Å²) in [5, 5.41) is 4.17. The summed E-state index contributed by atoms with van der Waals surface area (Å²) in [6.45, 7) is 1.91. The van der Waals surface area contributed by atoms with E-state index in [0.717, 1.165) is 18.5 Å². The van der Waals surface area contributed by atoms with Crippen molar-refractivity contribution in [3.63, 3.8) is 0 Å². The molecule has 1 rings (SSSR count). The maximum Gasteiger partial charge on any atom is 0.417 e. The van der Waals surface area contributed by atoms with Crippen LogP contribution in [0.2, 0.25) is 0 Å². The van der Waals surface area contributed by atoms with E-state index in [1.807, 2.05) is 0 Å². The standard InChI is InChI=1S/C13H18F3N3O3S/c1-9(23(2,21)22)12(20)18-7-3-6-17-11-5-4-10(8-19-11)13(14,15)16/h4-5,8-9H,3,6-7H2,1-2H3,(H,17,19)(H,18,20). The summed E-state index contributed by atoms with van der Waals surface area (Å²) < 4.78 is 59.4. The molecule has 6 nitrogen and oxygen atoms in total. The first-order valence-corrected chi connectivity index (χ1v) is 8.71. The molecule has 0 saturated heterocycles. The van der Waals surface area contributed by atoms with Gasteiger partial charge < -0.3 is 10.6 Å². The molecule has 2 N–H and O–H groups in total. The van der Waals surface area contributed by atoms with Gasteiger partial charge in [-0.1, -0.05) is 0 Å². The van der Waals surface area contributed by atoms with Crippen LogP contribution in [0, 0.1) is 0 Å². The minimum Gasteiger partial charge on any atom is -0.370 e. The van der Waals surface area contributed by atoms with Crippen molar-refractivity contribution in [2.45, 2.75) is 24.8 Å². The third-order valence-electron chi connectivity index (χ3n) is 3.06. The molecule has 0 saturated carbocycles. The Balaban J connectivity index is 2.32. The first kappa shape index (κ1) is 19.2. The molecule has 130 valence electrons. The summed E-state index contributed by atoms with van der Waals surface area (Å²) in [5.41, 5.74) is -0.829. The molecule has 0 radical (unpaired) electrons. The number of hydrogen-bond donors (Lipinski definition) is 2. The number of sulfone groups is 1. The van der Waals surface area contributed by atoms with E-state index in [2.05, 4.69) is 15.6 Å². The van der Waals surface area contributed by atoms with Crippen molar-refractivity contribution >= 4 is 21.6 Å². The Kier molecular flexibility index (Phi) is 6.37. The van der Waals surface area contributed by atoms with E-state index in [1.54, 1.807) is 0 Å². The fraction of sp³-hybridized carbons (Fsp3) is 0.538. The lowest BCUT2D eigenvalue weighted by Crippen LogP contribution is -2.38. The van der Waals surface area contributed by atoms with Crippen LogP contribution in [0.3, 0.4) is 0 Å². The number of rotatable bonds is 7. The number of hydrogen-bond acceptors (Lipinski definition) is 5. The van der Waals surface area contributed by atoms with Gasteiger partial charge in [0.25, 0.3) is 0 Å². The molecule has 10 heteroatoms. The first-order chi connectivity index (χ1) is 10.5. The van der Waals surface area contributed by atoms with Gasteiger partial charge in [0.2, 0.25) is 5.91 Å². The van der Waals surface area contributed by atoms with E-state index in [4.69, 9.17) is 0 Å². The smallest absolute Gasteiger partial charge is 0.370 e. The first-order valence-electron chi connectivity index (χ1n) is 6.75. The SMILES string of the molecule is CC(C(=O)NCCCNc1ccc(C(F)(F)F)cn1)S(C)(=O)=O. The molecule has 1 atom stereocenters. The van der Waals surface area contributed by atoms with Gasteiger partial charge in [-0.2, -0.15) is 13.2 Å². The number of carbonyl (C=O) groups excluding carboxylic acids is 1. The summed E-state index contributed by atoms with van der Waals surface area (Å²) >= 11 is 0. The number of pyridine rings is 1. The van der Waals surface area contributed by atoms with Crippen molar-refractivity contribution in [3.8, 4) is 0 Å². The third-order valence-corrected chi connectivity index (χ3v) is 4.56. The third kappa shape index (κ3) is 6.43. The molecule has 1 amide bonds. The predicted octanol–water partition coefficient (Wildman–Crippen LogP) is 1.45. The second-order valence-corrected chi connectivity index (χ2v) is 7.34. The Morgan fingerprint density at radius 1 is 1.30 bits per heavy atom. The predicted molar refractivity (Wildman–Crippen MR) is 79.7 cm³/mol. The van der Waals surface area contributed by atoms with Crippen molar-refractivity contribution in [3.05, 3.63) is 23.9 Å². The largest absolute Gasteiger partial charge is 0.417 e. The van der Waals surface area contributed by atoms with Gasteiger partial charge in [0.1, 0.15) is 11.1 Å². The Morgan fingerprint density at radius 3 is 2.43 bits per heavy atom. The zero-order chi connectivity index (χ0) is 17.7. The summed E-state index contributed by atoms with van der Waals surface area (Å²) in [6.07, 6.45) is -2.25. The highest BCUT2D eigenvalue weighted by atomic mass is 32.2. The second kappa shape index (κ2) is 7.62. The normalized spacial score (nSPS) is 13.4. The fourth-order valence-electron chi connectivity index (χ4n) is 1.52. The van der Waals surface area contributed by atoms with Gasteiger partial charge in [0, 0.05) is 25.5 Å². The Labute approximate surface area is 132 Å². The average Bonchev–Trinajstić information content (AvgIpc) is 2.44. The molecule has 1 unspecified atom stereocenters. The van der Waals surface area contributed by atoms with E-state index in [1.165, 1.54) is 13.0 Å². The Bertz CT molecular complexity index is 630. The number of anilines is 1. The molecule has 0 fully saturated rings. The highest BCUT2D eigenvalue weighted by Crippen LogP contribution is 2.28. The van der Waals surface area contributed by atoms with Crippen LogP contribution >= 0.6 is 0 Å². The van der Waals surface area contributed by atoms with E-state index in [-0.39, 0.29) is 12.4 Å². The van der Waals surface area contributed by atoms with Crippen molar-refractivity contribution in [2.24, 2.45) is 0 Å². The number of amides is 1. The zero-order valence-corrected chi connectivity index (χ0v) is 13.5. The van der Waals surface area contributed by atoms with Crippen LogP contribution in [0.25, 0.3) is 0 Å². The summed E-state index contributed by atoms with van der Waals surface area (Å²) in [6, 6.07) is 2.14. The highest BCUT2D eigenvalue weighted by Gasteiger charge is 2.30. The van der Waals surface area contributed by atoms with Gasteiger partial charge in [0.05, 0.1) is 5.56 Å². The molecule has 0 aliphatic rings. The lowest BCUT2D eigenvalue weighted by Gasteiger charge is -2.11. The average molecular weight is 353 g/mol. The second-order valence-electron chi connectivity index (χ2n) is 4.97. The molecule has 0 aliphatic heterocycles. The minimum absolute atomic E-state index is 0.242. The highest BCUT2D eigenvalue weighted by molar-refractivity contribution is 7.92. The van der Waals surface area contributed by atoms with Crippen molar-refractivity contribution in [2.75, 3.05) is 24.7 Å². The van der Waals surface area contributed by atoms with Crippen LogP contribution in [0.5, 0.6) is 0 Å². The van der Waals surface area contributed by atoms with Crippen LogP contribution in [0.4, 0.5) is 19.0 Å². The van der Waals surface area contributed by atoms with Gasteiger partial charge >= 0.3 is 6.18 Å². The van der Waals surface area contributed by atoms with Crippen LogP contribution < -0.4 is 10.6 Å². The monoisotopic (exact) mass is 353 g/mol. The van der Waals surface area contributed by atoms with Crippen LogP contribution in [0.15, 0.2) is 18.3 Å². The lowest BCUT2D eigenvalue weighted by atomic mass is 10.3. The number of halogens is 3. The summed E-state index contributed by atoms with van der Waals surface area (Å²) in [7, 11) is -3.43. The summed E-state index contributed by atoms with van der Waals surface area (Å²) in [5.74, 6) is -0.297. The maximum absolute atomic E-state index is 12.4. The van der Waals surface area contributed by atoms with Gasteiger partial charge in [-0.25, -0.2) is 13.4 Å². The Hall–Kier alpha value is -1.84. The topological polar surface area (TPSA) is 88.2 Å². The number of nitrogens with zero attached hydrogens (tertiary/aromatic N) is 1. The van der Waals surface area contributed by atoms with Gasteiger partial charge in [-0.05, 0) is 25.5 Å². The maximum atomic E-state index is 12.4. The molecule has 1 heterocycles. The van der Waals surface area contributed by atoms with Crippen LogP contribution in [0.1, 0.15) is 18.9 Å². The van der Waals surface area contributed by atoms with Crippen molar-refractivity contribution < 1.29 is 26.4 Å². The number of carbonyl (C=O) groups is 1. The summed E-state index contributed by atoms with van der Waals surface area (Å²) in [4.78, 5) is 15.2. The zero-order valence-electron chi connectivity index (χ0n) is 12.6. The number of nitrogens with one attached hydrogen (secondary N) is 2. The molecule has 0 aliphatic carbocycles. The Morgan fingerprint density at radius 2 is 1.96 bits per heavy atom. The lowest BCUT2D eigenvalue weighted by molar-refractivity contribution is -0.137. The molecule has 1 aromatic rings. The molecule has 23 heavy (non-hydrogen) atoms. The van der Waals surface area contributed by atoms with E-state index in [0.29, 0.717) is 13.0 Å². The molecule has 0 aromatic carbocycles.